The second-order valence-electron chi connectivity index (χ2n) is 6.00. The highest BCUT2D eigenvalue weighted by molar-refractivity contribution is 4.81. The predicted octanol–water partition coefficient (Wildman–Crippen LogP) is 2.49. The molecule has 0 amide bonds. The molecule has 1 saturated heterocycles. The molecule has 1 rings (SSSR count). The van der Waals surface area contributed by atoms with E-state index in [0.29, 0.717) is 17.5 Å². The molecule has 0 saturated carbocycles. The van der Waals surface area contributed by atoms with E-state index >= 15 is 0 Å². The van der Waals surface area contributed by atoms with Crippen LogP contribution in [-0.4, -0.2) is 36.6 Å². The van der Waals surface area contributed by atoms with Gasteiger partial charge in [0.1, 0.15) is 0 Å². The molecule has 0 aromatic rings. The quantitative estimate of drug-likeness (QED) is 0.770. The summed E-state index contributed by atoms with van der Waals surface area (Å²) in [5.41, 5.74) is 0.511. The van der Waals surface area contributed by atoms with Gasteiger partial charge in [-0.15, -0.1) is 0 Å². The van der Waals surface area contributed by atoms with Crippen molar-refractivity contribution in [3.05, 3.63) is 0 Å². The van der Waals surface area contributed by atoms with Crippen molar-refractivity contribution < 1.29 is 0 Å². The van der Waals surface area contributed by atoms with Crippen molar-refractivity contribution in [2.45, 2.75) is 59.5 Å². The molecule has 0 bridgehead atoms. The molecule has 0 radical (unpaired) electrons. The van der Waals surface area contributed by atoms with E-state index in [1.807, 2.05) is 0 Å². The maximum atomic E-state index is 3.58. The highest BCUT2D eigenvalue weighted by Gasteiger charge is 2.23. The van der Waals surface area contributed by atoms with E-state index in [9.17, 15) is 0 Å². The molecule has 2 nitrogen and oxygen atoms in total. The minimum Gasteiger partial charge on any atom is -0.309 e. The number of nitrogens with one attached hydrogen (secondary N) is 1. The van der Waals surface area contributed by atoms with E-state index in [2.05, 4.69) is 44.8 Å². The number of piperazine rings is 1. The van der Waals surface area contributed by atoms with E-state index in [-0.39, 0.29) is 0 Å². The Morgan fingerprint density at radius 1 is 1.20 bits per heavy atom. The minimum atomic E-state index is 0.511. The second kappa shape index (κ2) is 5.31. The smallest absolute Gasteiger partial charge is 0.0169 e. The molecule has 0 spiro atoms. The predicted molar refractivity (Wildman–Crippen MR) is 67.2 cm³/mol. The Morgan fingerprint density at radius 2 is 1.73 bits per heavy atom. The van der Waals surface area contributed by atoms with Crippen molar-refractivity contribution in [2.75, 3.05) is 19.6 Å². The fourth-order valence-electron chi connectivity index (χ4n) is 2.26. The van der Waals surface area contributed by atoms with Crippen LogP contribution in [0, 0.1) is 5.41 Å². The first kappa shape index (κ1) is 13.0. The number of nitrogens with zero attached hydrogens (tertiary/aromatic N) is 1. The lowest BCUT2D eigenvalue weighted by Gasteiger charge is -2.37. The van der Waals surface area contributed by atoms with Crippen LogP contribution in [0.15, 0.2) is 0 Å². The highest BCUT2D eigenvalue weighted by atomic mass is 15.2. The van der Waals surface area contributed by atoms with Crippen molar-refractivity contribution in [3.8, 4) is 0 Å². The second-order valence-corrected chi connectivity index (χ2v) is 6.00. The van der Waals surface area contributed by atoms with Crippen molar-refractivity contribution in [1.82, 2.24) is 10.2 Å². The first-order chi connectivity index (χ1) is 6.93. The Kier molecular flexibility index (Phi) is 4.60. The molecule has 2 unspecified atom stereocenters. The van der Waals surface area contributed by atoms with Gasteiger partial charge in [-0.1, -0.05) is 27.2 Å². The average molecular weight is 212 g/mol. The summed E-state index contributed by atoms with van der Waals surface area (Å²) in [6.45, 7) is 15.3. The van der Waals surface area contributed by atoms with Crippen LogP contribution in [0.2, 0.25) is 0 Å². The van der Waals surface area contributed by atoms with Crippen molar-refractivity contribution in [1.29, 1.82) is 0 Å². The lowest BCUT2D eigenvalue weighted by Crippen LogP contribution is -2.54. The van der Waals surface area contributed by atoms with Crippen LogP contribution in [0.5, 0.6) is 0 Å². The zero-order chi connectivity index (χ0) is 11.5. The van der Waals surface area contributed by atoms with Gasteiger partial charge in [-0.05, 0) is 32.2 Å². The summed E-state index contributed by atoms with van der Waals surface area (Å²) in [5.74, 6) is 0. The van der Waals surface area contributed by atoms with Gasteiger partial charge in [0.15, 0.2) is 0 Å². The highest BCUT2D eigenvalue weighted by Crippen LogP contribution is 2.24. The van der Waals surface area contributed by atoms with Gasteiger partial charge in [-0.3, -0.25) is 0 Å². The number of hydrogen-bond acceptors (Lipinski definition) is 2. The third-order valence-electron chi connectivity index (χ3n) is 3.70. The monoisotopic (exact) mass is 212 g/mol. The largest absolute Gasteiger partial charge is 0.309 e. The van der Waals surface area contributed by atoms with Gasteiger partial charge < -0.3 is 10.2 Å². The molecule has 1 aliphatic rings. The van der Waals surface area contributed by atoms with Gasteiger partial charge in [0, 0.05) is 25.2 Å². The Balaban J connectivity index is 2.32. The maximum absolute atomic E-state index is 3.58. The first-order valence-electron chi connectivity index (χ1n) is 6.41. The lowest BCUT2D eigenvalue weighted by molar-refractivity contribution is 0.149. The van der Waals surface area contributed by atoms with E-state index in [0.717, 1.165) is 0 Å². The summed E-state index contributed by atoms with van der Waals surface area (Å²) in [4.78, 5) is 2.61. The molecule has 1 N–H and O–H groups in total. The van der Waals surface area contributed by atoms with Crippen LogP contribution in [-0.2, 0) is 0 Å². The van der Waals surface area contributed by atoms with Crippen molar-refractivity contribution >= 4 is 0 Å². The number of hydrogen-bond donors (Lipinski definition) is 1. The molecule has 2 heteroatoms. The van der Waals surface area contributed by atoms with E-state index in [1.54, 1.807) is 0 Å². The van der Waals surface area contributed by atoms with Gasteiger partial charge in [0.2, 0.25) is 0 Å². The van der Waals surface area contributed by atoms with Crippen LogP contribution in [0.1, 0.15) is 47.5 Å². The van der Waals surface area contributed by atoms with Crippen LogP contribution in [0.25, 0.3) is 0 Å². The van der Waals surface area contributed by atoms with E-state index < -0.39 is 0 Å². The Hall–Kier alpha value is -0.0800. The fourth-order valence-corrected chi connectivity index (χ4v) is 2.26. The number of rotatable bonds is 4. The topological polar surface area (TPSA) is 15.3 Å². The minimum absolute atomic E-state index is 0.511. The van der Waals surface area contributed by atoms with Crippen LogP contribution in [0.3, 0.4) is 0 Å². The van der Waals surface area contributed by atoms with Gasteiger partial charge in [-0.2, -0.15) is 0 Å². The Labute approximate surface area is 95.4 Å². The molecule has 0 aromatic carbocycles. The summed E-state index contributed by atoms with van der Waals surface area (Å²) in [5, 5.41) is 3.58. The fraction of sp³-hybridized carbons (Fsp3) is 1.00. The van der Waals surface area contributed by atoms with Gasteiger partial charge in [-0.25, -0.2) is 0 Å². The van der Waals surface area contributed by atoms with Crippen LogP contribution >= 0.6 is 0 Å². The summed E-state index contributed by atoms with van der Waals surface area (Å²) < 4.78 is 0. The normalized spacial score (nSPS) is 29.4. The molecule has 1 heterocycles. The van der Waals surface area contributed by atoms with E-state index in [1.165, 1.54) is 32.5 Å². The molecular formula is C13H28N2. The Bertz CT molecular complexity index is 179. The molecule has 0 aromatic heterocycles. The van der Waals surface area contributed by atoms with Crippen molar-refractivity contribution in [2.24, 2.45) is 5.41 Å². The summed E-state index contributed by atoms with van der Waals surface area (Å²) in [6, 6.07) is 1.30. The van der Waals surface area contributed by atoms with Gasteiger partial charge in [0.05, 0.1) is 0 Å². The SMILES string of the molecule is CCC(C)(C)CCN1CC(C)NC(C)C1. The maximum Gasteiger partial charge on any atom is 0.0169 e. The van der Waals surface area contributed by atoms with Crippen molar-refractivity contribution in [3.63, 3.8) is 0 Å². The molecule has 1 fully saturated rings. The Morgan fingerprint density at radius 3 is 2.20 bits per heavy atom. The molecule has 90 valence electrons. The zero-order valence-electron chi connectivity index (χ0n) is 11.1. The third-order valence-corrected chi connectivity index (χ3v) is 3.70. The third kappa shape index (κ3) is 4.52. The van der Waals surface area contributed by atoms with Gasteiger partial charge in [0.25, 0.3) is 0 Å². The van der Waals surface area contributed by atoms with Gasteiger partial charge >= 0.3 is 0 Å². The summed E-state index contributed by atoms with van der Waals surface area (Å²) in [7, 11) is 0. The molecular weight excluding hydrogens is 184 g/mol. The summed E-state index contributed by atoms with van der Waals surface area (Å²) >= 11 is 0. The molecule has 0 aliphatic carbocycles. The average Bonchev–Trinajstić information content (AvgIpc) is 2.14. The standard InChI is InChI=1S/C13H28N2/c1-6-13(4,5)7-8-15-9-11(2)14-12(3)10-15/h11-12,14H,6-10H2,1-5H3. The van der Waals surface area contributed by atoms with E-state index in [4.69, 9.17) is 0 Å². The lowest BCUT2D eigenvalue weighted by atomic mass is 9.86. The zero-order valence-corrected chi connectivity index (χ0v) is 11.1. The summed E-state index contributed by atoms with van der Waals surface area (Å²) in [6.07, 6.45) is 2.60. The van der Waals surface area contributed by atoms with Crippen LogP contribution in [0.4, 0.5) is 0 Å². The molecule has 15 heavy (non-hydrogen) atoms. The molecule has 2 atom stereocenters. The first-order valence-corrected chi connectivity index (χ1v) is 6.41. The van der Waals surface area contributed by atoms with Crippen LogP contribution < -0.4 is 5.32 Å². The molecule has 1 aliphatic heterocycles.